The van der Waals surface area contributed by atoms with E-state index in [1.807, 2.05) is 23.1 Å². The Balaban J connectivity index is 1.93. The third-order valence-corrected chi connectivity index (χ3v) is 4.14. The number of urea groups is 1. The molecule has 5 nitrogen and oxygen atoms in total. The summed E-state index contributed by atoms with van der Waals surface area (Å²) >= 11 is 0. The number of hydrogen-bond acceptors (Lipinski definition) is 3. The van der Waals surface area contributed by atoms with Crippen molar-refractivity contribution in [3.8, 4) is 5.75 Å². The highest BCUT2D eigenvalue weighted by molar-refractivity contribution is 5.74. The molecule has 1 saturated heterocycles. The largest absolute Gasteiger partial charge is 0.496 e. The highest BCUT2D eigenvalue weighted by Gasteiger charge is 2.25. The van der Waals surface area contributed by atoms with E-state index < -0.39 is 0 Å². The van der Waals surface area contributed by atoms with Gasteiger partial charge in [-0.25, -0.2) is 4.79 Å². The third kappa shape index (κ3) is 3.80. The average Bonchev–Trinajstić information content (AvgIpc) is 2.59. The zero-order valence-corrected chi connectivity index (χ0v) is 13.4. The van der Waals surface area contributed by atoms with Crippen LogP contribution in [0.3, 0.4) is 0 Å². The van der Waals surface area contributed by atoms with E-state index in [0.29, 0.717) is 6.54 Å². The zero-order chi connectivity index (χ0) is 15.9. The molecule has 5 heteroatoms. The van der Waals surface area contributed by atoms with Crippen LogP contribution in [0.2, 0.25) is 0 Å². The van der Waals surface area contributed by atoms with Crippen molar-refractivity contribution in [1.82, 2.24) is 15.1 Å². The maximum absolute atomic E-state index is 11.9. The molecule has 1 fully saturated rings. The number of amides is 2. The van der Waals surface area contributed by atoms with Crippen molar-refractivity contribution in [3.05, 3.63) is 42.5 Å². The third-order valence-electron chi connectivity index (χ3n) is 4.14. The quantitative estimate of drug-likeness (QED) is 0.849. The molecule has 1 heterocycles. The summed E-state index contributed by atoms with van der Waals surface area (Å²) in [6.45, 7) is 9.51. The maximum Gasteiger partial charge on any atom is 0.317 e. The lowest BCUT2D eigenvalue weighted by Crippen LogP contribution is -2.52. The minimum Gasteiger partial charge on any atom is -0.496 e. The van der Waals surface area contributed by atoms with Gasteiger partial charge < -0.3 is 15.0 Å². The van der Waals surface area contributed by atoms with Gasteiger partial charge >= 0.3 is 6.03 Å². The smallest absolute Gasteiger partial charge is 0.317 e. The molecule has 1 atom stereocenters. The minimum atomic E-state index is -0.00973. The number of carbonyl (C=O) groups is 1. The van der Waals surface area contributed by atoms with Crippen LogP contribution in [-0.4, -0.2) is 55.7 Å². The second-order valence-corrected chi connectivity index (χ2v) is 5.42. The number of nitrogens with one attached hydrogen (secondary N) is 1. The molecule has 0 aliphatic carbocycles. The lowest BCUT2D eigenvalue weighted by atomic mass is 10.0. The molecule has 0 radical (unpaired) electrons. The molecule has 0 spiro atoms. The summed E-state index contributed by atoms with van der Waals surface area (Å²) in [6.07, 6.45) is 1.69. The SMILES string of the molecule is C=CCNC(=O)N1CCN([C@H](C)c2ccccc2OC)CC1. The number of para-hydroxylation sites is 1. The lowest BCUT2D eigenvalue weighted by molar-refractivity contribution is 0.113. The van der Waals surface area contributed by atoms with Crippen molar-refractivity contribution in [2.45, 2.75) is 13.0 Å². The fourth-order valence-corrected chi connectivity index (χ4v) is 2.79. The van der Waals surface area contributed by atoms with Crippen molar-refractivity contribution >= 4 is 6.03 Å². The summed E-state index contributed by atoms with van der Waals surface area (Å²) in [6, 6.07) is 8.38. The first kappa shape index (κ1) is 16.4. The van der Waals surface area contributed by atoms with Crippen LogP contribution >= 0.6 is 0 Å². The molecular weight excluding hydrogens is 278 g/mol. The van der Waals surface area contributed by atoms with Crippen LogP contribution in [-0.2, 0) is 0 Å². The van der Waals surface area contributed by atoms with Crippen LogP contribution in [0.4, 0.5) is 4.79 Å². The van der Waals surface area contributed by atoms with Crippen molar-refractivity contribution in [1.29, 1.82) is 0 Å². The Labute approximate surface area is 132 Å². The molecule has 0 aromatic heterocycles. The van der Waals surface area contributed by atoms with Gasteiger partial charge in [0.15, 0.2) is 0 Å². The molecule has 1 aliphatic heterocycles. The molecule has 1 aromatic rings. The highest BCUT2D eigenvalue weighted by Crippen LogP contribution is 2.29. The molecule has 22 heavy (non-hydrogen) atoms. The number of methoxy groups -OCH3 is 1. The standard InChI is InChI=1S/C17H25N3O2/c1-4-9-18-17(21)20-12-10-19(11-13-20)14(2)15-7-5-6-8-16(15)22-3/h4-8,14H,1,9-13H2,2-3H3,(H,18,21)/t14-/m1/s1. The van der Waals surface area contributed by atoms with Crippen molar-refractivity contribution < 1.29 is 9.53 Å². The zero-order valence-electron chi connectivity index (χ0n) is 13.4. The van der Waals surface area contributed by atoms with Crippen molar-refractivity contribution in [2.24, 2.45) is 0 Å². The summed E-state index contributed by atoms with van der Waals surface area (Å²) in [5, 5.41) is 2.83. The lowest BCUT2D eigenvalue weighted by Gasteiger charge is -2.38. The normalized spacial score (nSPS) is 16.9. The van der Waals surface area contributed by atoms with E-state index in [-0.39, 0.29) is 12.1 Å². The van der Waals surface area contributed by atoms with E-state index in [0.717, 1.165) is 31.9 Å². The second kappa shape index (κ2) is 7.84. The molecule has 1 aliphatic rings. The number of carbonyl (C=O) groups excluding carboxylic acids is 1. The Morgan fingerprint density at radius 2 is 2.05 bits per heavy atom. The van der Waals surface area contributed by atoms with Gasteiger partial charge in [-0.05, 0) is 13.0 Å². The molecule has 0 saturated carbocycles. The van der Waals surface area contributed by atoms with E-state index in [2.05, 4.69) is 29.8 Å². The Morgan fingerprint density at radius 3 is 2.68 bits per heavy atom. The summed E-state index contributed by atoms with van der Waals surface area (Å²) in [5.41, 5.74) is 1.19. The van der Waals surface area contributed by atoms with Crippen LogP contribution in [0.15, 0.2) is 36.9 Å². The van der Waals surface area contributed by atoms with Gasteiger partial charge in [0.1, 0.15) is 5.75 Å². The Bertz CT molecular complexity index is 510. The van der Waals surface area contributed by atoms with Gasteiger partial charge in [-0.1, -0.05) is 24.3 Å². The molecule has 2 amide bonds. The van der Waals surface area contributed by atoms with Gasteiger partial charge in [-0.15, -0.1) is 6.58 Å². The molecule has 1 aromatic carbocycles. The van der Waals surface area contributed by atoms with E-state index in [9.17, 15) is 4.79 Å². The van der Waals surface area contributed by atoms with Crippen LogP contribution in [0, 0.1) is 0 Å². The highest BCUT2D eigenvalue weighted by atomic mass is 16.5. The number of benzene rings is 1. The monoisotopic (exact) mass is 303 g/mol. The van der Waals surface area contributed by atoms with Gasteiger partial charge in [0.2, 0.25) is 0 Å². The number of ether oxygens (including phenoxy) is 1. The van der Waals surface area contributed by atoms with Gasteiger partial charge in [0.05, 0.1) is 7.11 Å². The number of nitrogens with zero attached hydrogens (tertiary/aromatic N) is 2. The Morgan fingerprint density at radius 1 is 1.36 bits per heavy atom. The predicted octanol–water partition coefficient (Wildman–Crippen LogP) is 2.27. The van der Waals surface area contributed by atoms with E-state index >= 15 is 0 Å². The molecule has 0 unspecified atom stereocenters. The van der Waals surface area contributed by atoms with Gasteiger partial charge in [0.25, 0.3) is 0 Å². The fraction of sp³-hybridized carbons (Fsp3) is 0.471. The predicted molar refractivity (Wildman–Crippen MR) is 88.2 cm³/mol. The van der Waals surface area contributed by atoms with Crippen LogP contribution in [0.1, 0.15) is 18.5 Å². The topological polar surface area (TPSA) is 44.8 Å². The molecule has 0 bridgehead atoms. The maximum atomic E-state index is 11.9. The summed E-state index contributed by atoms with van der Waals surface area (Å²) < 4.78 is 5.45. The summed E-state index contributed by atoms with van der Waals surface area (Å²) in [4.78, 5) is 16.2. The van der Waals surface area contributed by atoms with E-state index in [1.54, 1.807) is 13.2 Å². The Hall–Kier alpha value is -2.01. The number of rotatable bonds is 5. The summed E-state index contributed by atoms with van der Waals surface area (Å²) in [7, 11) is 1.70. The average molecular weight is 303 g/mol. The fourth-order valence-electron chi connectivity index (χ4n) is 2.79. The Kier molecular flexibility index (Phi) is 5.83. The second-order valence-electron chi connectivity index (χ2n) is 5.42. The van der Waals surface area contributed by atoms with Gasteiger partial charge in [-0.3, -0.25) is 4.90 Å². The molecule has 120 valence electrons. The van der Waals surface area contributed by atoms with Gasteiger partial charge in [0, 0.05) is 44.3 Å². The first-order valence-corrected chi connectivity index (χ1v) is 7.68. The first-order valence-electron chi connectivity index (χ1n) is 7.68. The summed E-state index contributed by atoms with van der Waals surface area (Å²) in [5.74, 6) is 0.918. The molecular formula is C17H25N3O2. The number of piperazine rings is 1. The van der Waals surface area contributed by atoms with Crippen molar-refractivity contribution in [2.75, 3.05) is 39.8 Å². The van der Waals surface area contributed by atoms with E-state index in [4.69, 9.17) is 4.74 Å². The number of hydrogen-bond donors (Lipinski definition) is 1. The minimum absolute atomic E-state index is 0.00973. The molecule has 2 rings (SSSR count). The van der Waals surface area contributed by atoms with Crippen LogP contribution < -0.4 is 10.1 Å². The molecule has 1 N–H and O–H groups in total. The van der Waals surface area contributed by atoms with E-state index in [1.165, 1.54) is 5.56 Å². The van der Waals surface area contributed by atoms with Gasteiger partial charge in [-0.2, -0.15) is 0 Å². The van der Waals surface area contributed by atoms with Crippen LogP contribution in [0.5, 0.6) is 5.75 Å². The van der Waals surface area contributed by atoms with Crippen molar-refractivity contribution in [3.63, 3.8) is 0 Å². The van der Waals surface area contributed by atoms with Crippen LogP contribution in [0.25, 0.3) is 0 Å². The first-order chi connectivity index (χ1) is 10.7.